The van der Waals surface area contributed by atoms with E-state index in [0.717, 1.165) is 27.8 Å². The average molecular weight is 739 g/mol. The largest absolute Gasteiger partial charge is 0.460 e. The molecule has 0 spiro atoms. The van der Waals surface area contributed by atoms with Gasteiger partial charge in [-0.05, 0) is 23.9 Å². The fourth-order valence-electron chi connectivity index (χ4n) is 5.32. The highest BCUT2D eigenvalue weighted by molar-refractivity contribution is 7.52. The van der Waals surface area contributed by atoms with Crippen molar-refractivity contribution < 1.29 is 46.9 Å². The third kappa shape index (κ3) is 9.02. The minimum Gasteiger partial charge on any atom is -0.460 e. The monoisotopic (exact) mass is 738 g/mol. The van der Waals surface area contributed by atoms with E-state index in [1.54, 1.807) is 48.5 Å². The number of H-pyrrole nitrogens is 1. The van der Waals surface area contributed by atoms with Gasteiger partial charge in [-0.15, -0.1) is 0 Å². The first kappa shape index (κ1) is 38.1. The molecular formula is C35H39N4O12P. The van der Waals surface area contributed by atoms with Gasteiger partial charge in [0.15, 0.2) is 24.2 Å². The Bertz CT molecular complexity index is 2070. The highest BCUT2D eigenvalue weighted by atomic mass is 31.2. The molecule has 4 N–H and O–H groups in total. The highest BCUT2D eigenvalue weighted by Gasteiger charge is 2.59. The molecule has 16 nitrogen and oxygen atoms in total. The van der Waals surface area contributed by atoms with Crippen molar-refractivity contribution in [2.75, 3.05) is 6.61 Å². The summed E-state index contributed by atoms with van der Waals surface area (Å²) in [6.07, 6.45) is -3.89. The van der Waals surface area contributed by atoms with Gasteiger partial charge in [0.25, 0.3) is 5.56 Å². The maximum absolute atomic E-state index is 14.7. The second-order valence-corrected chi connectivity index (χ2v) is 13.5. The van der Waals surface area contributed by atoms with E-state index in [-0.39, 0.29) is 25.2 Å². The summed E-state index contributed by atoms with van der Waals surface area (Å²) in [7, 11) is -4.65. The van der Waals surface area contributed by atoms with Gasteiger partial charge in [-0.2, -0.15) is 5.09 Å². The van der Waals surface area contributed by atoms with E-state index in [1.165, 1.54) is 20.8 Å². The summed E-state index contributed by atoms with van der Waals surface area (Å²) < 4.78 is 50.2. The van der Waals surface area contributed by atoms with Crippen molar-refractivity contribution in [2.45, 2.75) is 70.4 Å². The zero-order chi connectivity index (χ0) is 37.5. The molecule has 0 bridgehead atoms. The van der Waals surface area contributed by atoms with Crippen LogP contribution in [0.2, 0.25) is 0 Å². The van der Waals surface area contributed by atoms with Crippen LogP contribution < -0.4 is 26.6 Å². The molecule has 2 heterocycles. The summed E-state index contributed by atoms with van der Waals surface area (Å²) in [6, 6.07) is 20.8. The molecule has 17 heteroatoms. The van der Waals surface area contributed by atoms with Crippen LogP contribution in [0.5, 0.6) is 5.75 Å². The molecule has 1 aromatic heterocycles. The Labute approximate surface area is 297 Å². The Morgan fingerprint density at radius 3 is 2.35 bits per heavy atom. The van der Waals surface area contributed by atoms with E-state index in [0.29, 0.717) is 5.39 Å². The number of nitrogens with one attached hydrogen (secondary N) is 2. The van der Waals surface area contributed by atoms with E-state index >= 15 is 0 Å². The molecule has 1 saturated heterocycles. The van der Waals surface area contributed by atoms with Crippen LogP contribution in [-0.4, -0.2) is 58.0 Å². The number of esters is 3. The summed E-state index contributed by atoms with van der Waals surface area (Å²) >= 11 is 0. The number of carbonyl (C=O) groups is 3. The highest BCUT2D eigenvalue weighted by Crippen LogP contribution is 2.49. The molecule has 1 aliphatic heterocycles. The molecule has 3 aromatic carbocycles. The smallest absolute Gasteiger partial charge is 0.459 e. The Hall–Kier alpha value is -5.12. The topological polar surface area (TPSA) is 217 Å². The summed E-state index contributed by atoms with van der Waals surface area (Å²) in [6.45, 7) is 3.49. The molecule has 0 amide bonds. The number of rotatable bonds is 15. The summed E-state index contributed by atoms with van der Waals surface area (Å²) in [4.78, 5) is 65.2. The Morgan fingerprint density at radius 1 is 0.962 bits per heavy atom. The van der Waals surface area contributed by atoms with Gasteiger partial charge in [-0.1, -0.05) is 80.6 Å². The second kappa shape index (κ2) is 16.5. The van der Waals surface area contributed by atoms with Crippen LogP contribution in [-0.2, 0) is 49.0 Å². The molecule has 0 saturated carbocycles. The number of ether oxygens (including phenoxy) is 4. The third-order valence-corrected chi connectivity index (χ3v) is 9.60. The molecule has 1 unspecified atom stereocenters. The zero-order valence-electron chi connectivity index (χ0n) is 28.6. The first-order chi connectivity index (χ1) is 24.8. The number of benzene rings is 3. The lowest BCUT2D eigenvalue weighted by molar-refractivity contribution is -0.172. The molecule has 5 rings (SSSR count). The number of nitrogens with two attached hydrogens (primary N) is 1. The molecule has 1 aliphatic rings. The Balaban J connectivity index is 1.49. The number of hydrogen-bond acceptors (Lipinski definition) is 13. The molecular weight excluding hydrogens is 699 g/mol. The molecule has 276 valence electrons. The number of aromatic nitrogens is 2. The number of fused-ring (bicyclic) bond motifs is 1. The molecule has 0 aliphatic carbocycles. The number of aromatic amines is 1. The zero-order valence-corrected chi connectivity index (χ0v) is 29.5. The van der Waals surface area contributed by atoms with Crippen LogP contribution in [0.25, 0.3) is 10.8 Å². The van der Waals surface area contributed by atoms with Crippen molar-refractivity contribution in [3.63, 3.8) is 0 Å². The summed E-state index contributed by atoms with van der Waals surface area (Å²) in [5, 5.41) is 3.91. The molecule has 52 heavy (non-hydrogen) atoms. The lowest BCUT2D eigenvalue weighted by atomic mass is 10.1. The van der Waals surface area contributed by atoms with Crippen LogP contribution in [0.4, 0.5) is 0 Å². The quantitative estimate of drug-likeness (QED) is 0.0905. The van der Waals surface area contributed by atoms with E-state index in [2.05, 4.69) is 10.1 Å². The molecule has 6 atom stereocenters. The Kier molecular flexibility index (Phi) is 12.1. The maximum Gasteiger partial charge on any atom is 0.459 e. The van der Waals surface area contributed by atoms with Crippen LogP contribution in [0, 0.1) is 0 Å². The second-order valence-electron chi connectivity index (χ2n) is 11.8. The van der Waals surface area contributed by atoms with Gasteiger partial charge in [0.2, 0.25) is 0 Å². The standard InChI is InChI=1S/C35H39N4O12P/c1-4-28(41)48-30-31(49-29(42)5-2)35(36,50-32(30)39-19-18-27(40)37-34(39)44)21-47-52(45,51-26-17-11-15-24-14-9-10-16-25(24)26)38-22(3)33(43)46-20-23-12-7-6-8-13-23/h6-19,22,30-32H,4-5,20-21,36H2,1-3H3,(H,38,45)(H,37,40,44)/t22-,30+,31-,32+,35+,52?/m0/s1. The van der Waals surface area contributed by atoms with Gasteiger partial charge in [-0.3, -0.25) is 39.0 Å². The number of hydrogen-bond donors (Lipinski definition) is 3. The number of carbonyl (C=O) groups excluding carboxylic acids is 3. The Morgan fingerprint density at radius 2 is 1.63 bits per heavy atom. The summed E-state index contributed by atoms with van der Waals surface area (Å²) in [5.74, 6) is -2.20. The van der Waals surface area contributed by atoms with E-state index < -0.39 is 73.7 Å². The van der Waals surface area contributed by atoms with Crippen LogP contribution in [0.15, 0.2) is 94.6 Å². The van der Waals surface area contributed by atoms with Gasteiger partial charge in [0, 0.05) is 30.5 Å². The fourth-order valence-corrected chi connectivity index (χ4v) is 6.87. The van der Waals surface area contributed by atoms with E-state index in [4.69, 9.17) is 33.7 Å². The maximum atomic E-state index is 14.7. The predicted octanol–water partition coefficient (Wildman–Crippen LogP) is 3.44. The number of nitrogens with zero attached hydrogens (tertiary/aromatic N) is 1. The minimum atomic E-state index is -4.65. The van der Waals surface area contributed by atoms with Gasteiger partial charge < -0.3 is 23.5 Å². The fraction of sp³-hybridized carbons (Fsp3) is 0.343. The molecule has 1 fully saturated rings. The average Bonchev–Trinajstić information content (AvgIpc) is 3.40. The molecule has 0 radical (unpaired) electrons. The lowest BCUT2D eigenvalue weighted by Gasteiger charge is -2.32. The van der Waals surface area contributed by atoms with Crippen molar-refractivity contribution in [1.82, 2.24) is 14.6 Å². The van der Waals surface area contributed by atoms with Gasteiger partial charge >= 0.3 is 31.3 Å². The predicted molar refractivity (Wildman–Crippen MR) is 186 cm³/mol. The minimum absolute atomic E-state index is 0.0609. The normalized spacial score (nSPS) is 21.5. The molecule has 4 aromatic rings. The van der Waals surface area contributed by atoms with Crippen molar-refractivity contribution in [1.29, 1.82) is 0 Å². The van der Waals surface area contributed by atoms with Crippen molar-refractivity contribution >= 4 is 36.4 Å². The third-order valence-electron chi connectivity index (χ3n) is 7.99. The van der Waals surface area contributed by atoms with Gasteiger partial charge in [0.1, 0.15) is 25.0 Å². The van der Waals surface area contributed by atoms with E-state index in [1.807, 2.05) is 24.3 Å². The van der Waals surface area contributed by atoms with E-state index in [9.17, 15) is 28.5 Å². The summed E-state index contributed by atoms with van der Waals surface area (Å²) in [5.41, 5.74) is 3.51. The van der Waals surface area contributed by atoms with Crippen LogP contribution in [0.1, 0.15) is 45.4 Å². The van der Waals surface area contributed by atoms with Gasteiger partial charge in [0.05, 0.1) is 0 Å². The van der Waals surface area contributed by atoms with Crippen molar-refractivity contribution in [3.8, 4) is 5.75 Å². The SMILES string of the molecule is CCC(=O)O[C@H]1[C@H](n2ccc(=O)[nH]c2=O)O[C@](N)(COP(=O)(N[C@@H](C)C(=O)OCc2ccccc2)Oc2cccc3ccccc23)[C@H]1OC(=O)CC. The van der Waals surface area contributed by atoms with Crippen LogP contribution in [0.3, 0.4) is 0 Å². The lowest BCUT2D eigenvalue weighted by Crippen LogP contribution is -2.57. The van der Waals surface area contributed by atoms with Crippen molar-refractivity contribution in [3.05, 3.63) is 111 Å². The first-order valence-electron chi connectivity index (χ1n) is 16.4. The first-order valence-corrected chi connectivity index (χ1v) is 18.0. The van der Waals surface area contributed by atoms with Gasteiger partial charge in [-0.25, -0.2) is 9.36 Å². The van der Waals surface area contributed by atoms with Crippen LogP contribution >= 0.6 is 7.75 Å². The van der Waals surface area contributed by atoms with Crippen molar-refractivity contribution in [2.24, 2.45) is 5.73 Å².